The van der Waals surface area contributed by atoms with Crippen molar-refractivity contribution in [3.63, 3.8) is 0 Å². The van der Waals surface area contributed by atoms with Crippen molar-refractivity contribution in [2.24, 2.45) is 4.99 Å². The molecule has 0 spiro atoms. The summed E-state index contributed by atoms with van der Waals surface area (Å²) in [6, 6.07) is 6.63. The van der Waals surface area contributed by atoms with Crippen molar-refractivity contribution in [1.82, 2.24) is 25.0 Å². The van der Waals surface area contributed by atoms with Crippen molar-refractivity contribution in [3.8, 4) is 0 Å². The van der Waals surface area contributed by atoms with Crippen LogP contribution in [0.4, 0.5) is 0 Å². The molecule has 4 rings (SSSR count). The number of rotatable bonds is 6. The van der Waals surface area contributed by atoms with E-state index in [0.29, 0.717) is 6.61 Å². The maximum atomic E-state index is 6.14. The molecule has 1 aromatic heterocycles. The van der Waals surface area contributed by atoms with Crippen LogP contribution in [0.25, 0.3) is 0 Å². The maximum absolute atomic E-state index is 6.14. The van der Waals surface area contributed by atoms with Gasteiger partial charge >= 0.3 is 0 Å². The minimum atomic E-state index is 0.0830. The van der Waals surface area contributed by atoms with Crippen molar-refractivity contribution in [1.29, 1.82) is 0 Å². The Kier molecular flexibility index (Phi) is 7.79. The van der Waals surface area contributed by atoms with Crippen LogP contribution in [0.3, 0.4) is 0 Å². The number of hydrogen-bond donors (Lipinski definition) is 1. The summed E-state index contributed by atoms with van der Waals surface area (Å²) in [7, 11) is 0. The van der Waals surface area contributed by atoms with E-state index in [1.54, 1.807) is 0 Å². The van der Waals surface area contributed by atoms with Crippen molar-refractivity contribution >= 4 is 5.96 Å². The Labute approximate surface area is 192 Å². The SMILES string of the molecule is CCNC(=NCCCc1nnc2n1CCCCC2)N1CCOC(c2ccc(C)cc2C)C1. The van der Waals surface area contributed by atoms with Crippen molar-refractivity contribution in [2.75, 3.05) is 32.8 Å². The van der Waals surface area contributed by atoms with Gasteiger partial charge in [0, 0.05) is 39.0 Å². The van der Waals surface area contributed by atoms with Gasteiger partial charge in [-0.15, -0.1) is 10.2 Å². The van der Waals surface area contributed by atoms with Crippen LogP contribution in [0.1, 0.15) is 67.1 Å². The Morgan fingerprint density at radius 1 is 1.19 bits per heavy atom. The second kappa shape index (κ2) is 10.9. The predicted octanol–water partition coefficient (Wildman–Crippen LogP) is 3.59. The number of aryl methyl sites for hydroxylation is 4. The molecule has 1 atom stereocenters. The lowest BCUT2D eigenvalue weighted by atomic mass is 10.00. The van der Waals surface area contributed by atoms with Crippen LogP contribution in [-0.4, -0.2) is 58.4 Å². The molecule has 7 heteroatoms. The third kappa shape index (κ3) is 5.49. The maximum Gasteiger partial charge on any atom is 0.194 e. The molecule has 2 aliphatic rings. The van der Waals surface area contributed by atoms with Gasteiger partial charge in [-0.3, -0.25) is 4.99 Å². The Hall–Kier alpha value is -2.41. The number of aromatic nitrogens is 3. The minimum Gasteiger partial charge on any atom is -0.370 e. The van der Waals surface area contributed by atoms with Gasteiger partial charge in [0.15, 0.2) is 5.96 Å². The van der Waals surface area contributed by atoms with Crippen molar-refractivity contribution < 1.29 is 4.74 Å². The molecular weight excluding hydrogens is 400 g/mol. The monoisotopic (exact) mass is 438 g/mol. The van der Waals surface area contributed by atoms with Gasteiger partial charge < -0.3 is 19.5 Å². The zero-order valence-electron chi connectivity index (χ0n) is 19.9. The smallest absolute Gasteiger partial charge is 0.194 e. The molecule has 1 unspecified atom stereocenters. The van der Waals surface area contributed by atoms with Gasteiger partial charge in [0.05, 0.1) is 13.2 Å². The third-order valence-electron chi connectivity index (χ3n) is 6.48. The predicted molar refractivity (Wildman–Crippen MR) is 128 cm³/mol. The molecule has 0 radical (unpaired) electrons. The molecule has 0 saturated carbocycles. The summed E-state index contributed by atoms with van der Waals surface area (Å²) in [5.74, 6) is 3.29. The summed E-state index contributed by atoms with van der Waals surface area (Å²) in [5.41, 5.74) is 3.87. The topological polar surface area (TPSA) is 67.6 Å². The average molecular weight is 439 g/mol. The van der Waals surface area contributed by atoms with E-state index in [2.05, 4.69) is 64.0 Å². The molecule has 7 nitrogen and oxygen atoms in total. The Bertz CT molecular complexity index is 921. The normalized spacial score (nSPS) is 19.5. The Morgan fingerprint density at radius 2 is 2.09 bits per heavy atom. The number of benzene rings is 1. The molecule has 0 aliphatic carbocycles. The number of hydrogen-bond acceptors (Lipinski definition) is 4. The van der Waals surface area contributed by atoms with E-state index in [4.69, 9.17) is 9.73 Å². The van der Waals surface area contributed by atoms with Gasteiger partial charge in [-0.1, -0.05) is 30.2 Å². The van der Waals surface area contributed by atoms with E-state index in [9.17, 15) is 0 Å². The number of aliphatic imine (C=N–C) groups is 1. The lowest BCUT2D eigenvalue weighted by Crippen LogP contribution is -2.48. The van der Waals surface area contributed by atoms with Gasteiger partial charge in [-0.05, 0) is 51.2 Å². The average Bonchev–Trinajstić information content (AvgIpc) is 3.01. The second-order valence-electron chi connectivity index (χ2n) is 9.00. The first-order chi connectivity index (χ1) is 15.7. The van der Waals surface area contributed by atoms with Crippen LogP contribution in [0.2, 0.25) is 0 Å². The molecule has 3 heterocycles. The fourth-order valence-electron chi connectivity index (χ4n) is 4.79. The van der Waals surface area contributed by atoms with Crippen LogP contribution in [0.5, 0.6) is 0 Å². The molecule has 0 bridgehead atoms. The van der Waals surface area contributed by atoms with Crippen LogP contribution >= 0.6 is 0 Å². The Balaban J connectivity index is 1.36. The lowest BCUT2D eigenvalue weighted by molar-refractivity contribution is -0.00833. The number of fused-ring (bicyclic) bond motifs is 1. The molecule has 1 N–H and O–H groups in total. The van der Waals surface area contributed by atoms with Crippen LogP contribution in [0.15, 0.2) is 23.2 Å². The summed E-state index contributed by atoms with van der Waals surface area (Å²) >= 11 is 0. The highest BCUT2D eigenvalue weighted by molar-refractivity contribution is 5.80. The number of nitrogens with zero attached hydrogens (tertiary/aromatic N) is 5. The highest BCUT2D eigenvalue weighted by Gasteiger charge is 2.25. The minimum absolute atomic E-state index is 0.0830. The van der Waals surface area contributed by atoms with Gasteiger partial charge in [0.1, 0.15) is 17.8 Å². The number of guanidine groups is 1. The van der Waals surface area contributed by atoms with Gasteiger partial charge in [0.25, 0.3) is 0 Å². The first-order valence-corrected chi connectivity index (χ1v) is 12.3. The summed E-state index contributed by atoms with van der Waals surface area (Å²) in [6.45, 7) is 11.6. The van der Waals surface area contributed by atoms with Gasteiger partial charge in [0.2, 0.25) is 0 Å². The van der Waals surface area contributed by atoms with E-state index >= 15 is 0 Å². The molecule has 174 valence electrons. The molecule has 32 heavy (non-hydrogen) atoms. The van der Waals surface area contributed by atoms with E-state index < -0.39 is 0 Å². The quantitative estimate of drug-likeness (QED) is 0.424. The Morgan fingerprint density at radius 3 is 2.94 bits per heavy atom. The zero-order chi connectivity index (χ0) is 22.3. The van der Waals surface area contributed by atoms with Crippen molar-refractivity contribution in [3.05, 3.63) is 46.5 Å². The summed E-state index contributed by atoms with van der Waals surface area (Å²) in [4.78, 5) is 7.30. The first-order valence-electron chi connectivity index (χ1n) is 12.3. The van der Waals surface area contributed by atoms with Crippen LogP contribution in [-0.2, 0) is 24.1 Å². The molecule has 1 aromatic carbocycles. The van der Waals surface area contributed by atoms with E-state index in [1.165, 1.54) is 41.8 Å². The third-order valence-corrected chi connectivity index (χ3v) is 6.48. The number of nitrogens with one attached hydrogen (secondary N) is 1. The second-order valence-corrected chi connectivity index (χ2v) is 9.00. The molecule has 1 saturated heterocycles. The summed E-state index contributed by atoms with van der Waals surface area (Å²) in [6.07, 6.45) is 6.83. The lowest BCUT2D eigenvalue weighted by Gasteiger charge is -2.36. The van der Waals surface area contributed by atoms with Crippen molar-refractivity contribution in [2.45, 2.75) is 71.9 Å². The molecule has 2 aromatic rings. The van der Waals surface area contributed by atoms with Gasteiger partial charge in [-0.25, -0.2) is 0 Å². The summed E-state index contributed by atoms with van der Waals surface area (Å²) < 4.78 is 8.48. The highest BCUT2D eigenvalue weighted by atomic mass is 16.5. The van der Waals surface area contributed by atoms with Crippen LogP contribution < -0.4 is 5.32 Å². The van der Waals surface area contributed by atoms with Gasteiger partial charge in [-0.2, -0.15) is 0 Å². The zero-order valence-corrected chi connectivity index (χ0v) is 19.9. The van der Waals surface area contributed by atoms with Crippen LogP contribution in [0, 0.1) is 13.8 Å². The molecule has 1 fully saturated rings. The standard InChI is InChI=1S/C25H38N6O/c1-4-26-25(27-13-8-10-24-29-28-23-9-6-5-7-14-31(23)24)30-15-16-32-22(18-30)21-12-11-19(2)17-20(21)3/h11-12,17,22H,4-10,13-16,18H2,1-3H3,(H,26,27). The van der Waals surface area contributed by atoms with E-state index in [-0.39, 0.29) is 6.10 Å². The van der Waals surface area contributed by atoms with E-state index in [0.717, 1.165) is 63.8 Å². The molecule has 2 aliphatic heterocycles. The van der Waals surface area contributed by atoms with E-state index in [1.807, 2.05) is 0 Å². The number of morpholine rings is 1. The fraction of sp³-hybridized carbons (Fsp3) is 0.640. The molecule has 0 amide bonds. The first kappa shape index (κ1) is 22.8. The molecular formula is C25H38N6O. The number of ether oxygens (including phenoxy) is 1. The largest absolute Gasteiger partial charge is 0.370 e. The highest BCUT2D eigenvalue weighted by Crippen LogP contribution is 2.26. The fourth-order valence-corrected chi connectivity index (χ4v) is 4.79. The summed E-state index contributed by atoms with van der Waals surface area (Å²) in [5, 5.41) is 12.4.